The Balaban J connectivity index is 1.68. The first-order valence-corrected chi connectivity index (χ1v) is 10.8. The monoisotopic (exact) mass is 469 g/mol. The number of rotatable bonds is 7. The average Bonchev–Trinajstić information content (AvgIpc) is 3.31. The zero-order valence-electron chi connectivity index (χ0n) is 17.8. The summed E-state index contributed by atoms with van der Waals surface area (Å²) in [7, 11) is 2.99. The number of hydrogen-bond donors (Lipinski definition) is 1. The van der Waals surface area contributed by atoms with Gasteiger partial charge in [-0.1, -0.05) is 12.1 Å². The first-order valence-electron chi connectivity index (χ1n) is 9.88. The lowest BCUT2D eigenvalue weighted by Crippen LogP contribution is -2.41. The van der Waals surface area contributed by atoms with Crippen LogP contribution in [0.2, 0.25) is 0 Å². The number of amides is 1. The van der Waals surface area contributed by atoms with Crippen LogP contribution in [0.3, 0.4) is 0 Å². The van der Waals surface area contributed by atoms with Crippen molar-refractivity contribution in [1.29, 1.82) is 0 Å². The van der Waals surface area contributed by atoms with Crippen molar-refractivity contribution < 1.29 is 18.7 Å². The van der Waals surface area contributed by atoms with Crippen molar-refractivity contribution in [3.05, 3.63) is 86.1 Å². The lowest BCUT2D eigenvalue weighted by molar-refractivity contribution is -0.116. The van der Waals surface area contributed by atoms with E-state index >= 15 is 0 Å². The van der Waals surface area contributed by atoms with Crippen LogP contribution in [0.1, 0.15) is 5.56 Å². The van der Waals surface area contributed by atoms with Crippen molar-refractivity contribution in [2.45, 2.75) is 13.1 Å². The Bertz CT molecular complexity index is 1440. The lowest BCUT2D eigenvalue weighted by atomic mass is 10.2. The number of carbonyl (C=O) groups is 1. The van der Waals surface area contributed by atoms with E-state index in [4.69, 9.17) is 9.47 Å². The van der Waals surface area contributed by atoms with Gasteiger partial charge >= 0.3 is 5.69 Å². The van der Waals surface area contributed by atoms with E-state index in [1.54, 1.807) is 29.6 Å². The number of halogens is 1. The molecule has 170 valence electrons. The fraction of sp³-hybridized carbons (Fsp3) is 0.174. The van der Waals surface area contributed by atoms with Crippen LogP contribution in [0.4, 0.5) is 10.1 Å². The molecule has 0 radical (unpaired) electrons. The molecular weight excluding hydrogens is 449 g/mol. The molecule has 2 aromatic carbocycles. The number of methoxy groups -OCH3 is 2. The first-order chi connectivity index (χ1) is 15.9. The Hall–Kier alpha value is -3.92. The molecule has 0 spiro atoms. The van der Waals surface area contributed by atoms with Gasteiger partial charge in [0.15, 0.2) is 0 Å². The van der Waals surface area contributed by atoms with Gasteiger partial charge in [0.05, 0.1) is 32.0 Å². The third-order valence-electron chi connectivity index (χ3n) is 5.07. The van der Waals surface area contributed by atoms with Crippen LogP contribution < -0.4 is 26.0 Å². The molecule has 0 aliphatic rings. The highest BCUT2D eigenvalue weighted by Crippen LogP contribution is 2.29. The minimum Gasteiger partial charge on any atom is -0.497 e. The average molecular weight is 469 g/mol. The molecule has 0 bridgehead atoms. The molecule has 0 saturated heterocycles. The normalized spacial score (nSPS) is 10.9. The molecule has 1 amide bonds. The summed E-state index contributed by atoms with van der Waals surface area (Å²) in [5.74, 6) is 0.0776. The smallest absolute Gasteiger partial charge is 0.332 e. The van der Waals surface area contributed by atoms with Crippen LogP contribution in [-0.2, 0) is 17.9 Å². The number of nitrogens with zero attached hydrogens (tertiary/aromatic N) is 2. The van der Waals surface area contributed by atoms with Gasteiger partial charge in [-0.2, -0.15) is 0 Å². The van der Waals surface area contributed by atoms with E-state index in [9.17, 15) is 18.8 Å². The van der Waals surface area contributed by atoms with Gasteiger partial charge in [0.2, 0.25) is 5.91 Å². The third kappa shape index (κ3) is 4.51. The Kier molecular flexibility index (Phi) is 6.27. The molecule has 4 rings (SSSR count). The molecule has 33 heavy (non-hydrogen) atoms. The molecule has 0 saturated carbocycles. The second-order valence-corrected chi connectivity index (χ2v) is 8.05. The highest BCUT2D eigenvalue weighted by Gasteiger charge is 2.18. The summed E-state index contributed by atoms with van der Waals surface area (Å²) < 4.78 is 26.3. The van der Waals surface area contributed by atoms with E-state index in [2.05, 4.69) is 5.32 Å². The predicted molar refractivity (Wildman–Crippen MR) is 124 cm³/mol. The number of aromatic nitrogens is 2. The number of benzene rings is 2. The van der Waals surface area contributed by atoms with E-state index < -0.39 is 23.0 Å². The second kappa shape index (κ2) is 9.29. The molecule has 2 aromatic heterocycles. The number of ether oxygens (including phenoxy) is 2. The fourth-order valence-corrected chi connectivity index (χ4v) is 4.28. The van der Waals surface area contributed by atoms with Crippen LogP contribution in [0.15, 0.2) is 63.5 Å². The van der Waals surface area contributed by atoms with Gasteiger partial charge in [0.1, 0.15) is 28.6 Å². The van der Waals surface area contributed by atoms with Gasteiger partial charge in [-0.3, -0.25) is 18.7 Å². The molecule has 0 fully saturated rings. The van der Waals surface area contributed by atoms with Crippen molar-refractivity contribution in [3.63, 3.8) is 0 Å². The van der Waals surface area contributed by atoms with Crippen molar-refractivity contribution in [2.24, 2.45) is 0 Å². The highest BCUT2D eigenvalue weighted by atomic mass is 32.1. The number of carbonyl (C=O) groups excluding carboxylic acids is 1. The summed E-state index contributed by atoms with van der Waals surface area (Å²) in [4.78, 5) is 38.9. The van der Waals surface area contributed by atoms with E-state index in [0.717, 1.165) is 4.57 Å². The number of thiophene rings is 1. The maximum Gasteiger partial charge on any atom is 0.332 e. The molecule has 0 aliphatic heterocycles. The number of hydrogen-bond acceptors (Lipinski definition) is 6. The highest BCUT2D eigenvalue weighted by molar-refractivity contribution is 7.17. The summed E-state index contributed by atoms with van der Waals surface area (Å²) in [5.41, 5.74) is 0.292. The van der Waals surface area contributed by atoms with E-state index in [1.165, 1.54) is 54.4 Å². The van der Waals surface area contributed by atoms with Crippen LogP contribution in [0.25, 0.3) is 10.2 Å². The SMILES string of the molecule is COc1ccc(NC(=O)Cn2c(=O)n(Cc3ccc(F)cc3)c(=O)c3sccc32)c(OC)c1. The maximum absolute atomic E-state index is 13.2. The van der Waals surface area contributed by atoms with Gasteiger partial charge in [-0.25, -0.2) is 9.18 Å². The Morgan fingerprint density at radius 3 is 2.48 bits per heavy atom. The zero-order chi connectivity index (χ0) is 23.5. The van der Waals surface area contributed by atoms with Gasteiger partial charge in [-0.05, 0) is 41.3 Å². The van der Waals surface area contributed by atoms with Gasteiger partial charge in [0, 0.05) is 6.07 Å². The van der Waals surface area contributed by atoms with Crippen molar-refractivity contribution in [2.75, 3.05) is 19.5 Å². The zero-order valence-corrected chi connectivity index (χ0v) is 18.6. The summed E-state index contributed by atoms with van der Waals surface area (Å²) in [6.45, 7) is -0.356. The third-order valence-corrected chi connectivity index (χ3v) is 5.97. The summed E-state index contributed by atoms with van der Waals surface area (Å²) in [6, 6.07) is 12.1. The number of nitrogens with one attached hydrogen (secondary N) is 1. The quantitative estimate of drug-likeness (QED) is 0.449. The Morgan fingerprint density at radius 1 is 1.03 bits per heavy atom. The molecule has 1 N–H and O–H groups in total. The van der Waals surface area contributed by atoms with Gasteiger partial charge in [-0.15, -0.1) is 11.3 Å². The fourth-order valence-electron chi connectivity index (χ4n) is 3.43. The number of fused-ring (bicyclic) bond motifs is 1. The summed E-state index contributed by atoms with van der Waals surface area (Å²) >= 11 is 1.19. The summed E-state index contributed by atoms with van der Waals surface area (Å²) in [5, 5.41) is 4.42. The van der Waals surface area contributed by atoms with Crippen LogP contribution >= 0.6 is 11.3 Å². The Labute approximate surface area is 191 Å². The molecule has 0 aliphatic carbocycles. The van der Waals surface area contributed by atoms with E-state index in [-0.39, 0.29) is 13.1 Å². The Morgan fingerprint density at radius 2 is 1.79 bits per heavy atom. The minimum atomic E-state index is -0.632. The standard InChI is InChI=1S/C23H20FN3O5S/c1-31-16-7-8-17(19(11-16)32-2)25-20(28)13-26-18-9-10-33-21(18)22(29)27(23(26)30)12-14-3-5-15(24)6-4-14/h3-11H,12-13H2,1-2H3,(H,25,28). The van der Waals surface area contributed by atoms with Crippen molar-refractivity contribution in [3.8, 4) is 11.5 Å². The molecule has 4 aromatic rings. The second-order valence-electron chi connectivity index (χ2n) is 7.14. The summed E-state index contributed by atoms with van der Waals surface area (Å²) in [6.07, 6.45) is 0. The molecule has 2 heterocycles. The van der Waals surface area contributed by atoms with Crippen molar-refractivity contribution >= 4 is 33.1 Å². The lowest BCUT2D eigenvalue weighted by Gasteiger charge is -2.14. The van der Waals surface area contributed by atoms with E-state index in [0.29, 0.717) is 33.0 Å². The van der Waals surface area contributed by atoms with Crippen LogP contribution in [0, 0.1) is 5.82 Å². The largest absolute Gasteiger partial charge is 0.497 e. The maximum atomic E-state index is 13.2. The minimum absolute atomic E-state index is 0.0420. The molecule has 0 atom stereocenters. The molecular formula is C23H20FN3O5S. The van der Waals surface area contributed by atoms with E-state index in [1.807, 2.05) is 0 Å². The predicted octanol–water partition coefficient (Wildman–Crippen LogP) is 3.07. The van der Waals surface area contributed by atoms with Gasteiger partial charge in [0.25, 0.3) is 5.56 Å². The molecule has 8 nitrogen and oxygen atoms in total. The molecule has 10 heteroatoms. The topological polar surface area (TPSA) is 91.6 Å². The number of anilines is 1. The molecule has 0 unspecified atom stereocenters. The van der Waals surface area contributed by atoms with Crippen LogP contribution in [0.5, 0.6) is 11.5 Å². The van der Waals surface area contributed by atoms with Crippen molar-refractivity contribution in [1.82, 2.24) is 9.13 Å². The van der Waals surface area contributed by atoms with Gasteiger partial charge < -0.3 is 14.8 Å². The van der Waals surface area contributed by atoms with Crippen LogP contribution in [-0.4, -0.2) is 29.3 Å². The first kappa shape index (κ1) is 22.3.